The van der Waals surface area contributed by atoms with E-state index in [1.807, 2.05) is 6.92 Å². The summed E-state index contributed by atoms with van der Waals surface area (Å²) in [4.78, 5) is 0. The van der Waals surface area contributed by atoms with Crippen LogP contribution in [0.15, 0.2) is 60.8 Å². The Morgan fingerprint density at radius 1 is 0.963 bits per heavy atom. The second kappa shape index (κ2) is 8.26. The summed E-state index contributed by atoms with van der Waals surface area (Å²) >= 11 is 0. The van der Waals surface area contributed by atoms with E-state index >= 15 is 0 Å². The lowest BCUT2D eigenvalue weighted by Gasteiger charge is -2.04. The van der Waals surface area contributed by atoms with Crippen molar-refractivity contribution in [3.8, 4) is 11.4 Å². The van der Waals surface area contributed by atoms with Crippen molar-refractivity contribution >= 4 is 12.2 Å². The molecule has 0 aliphatic carbocycles. The van der Waals surface area contributed by atoms with E-state index in [-0.39, 0.29) is 0 Å². The first kappa shape index (κ1) is 17.6. The van der Waals surface area contributed by atoms with Crippen LogP contribution in [-0.2, 0) is 13.0 Å². The molecule has 1 aliphatic rings. The highest BCUT2D eigenvalue weighted by molar-refractivity contribution is 5.66. The summed E-state index contributed by atoms with van der Waals surface area (Å²) in [6, 6.07) is 18.9. The molecule has 2 aromatic carbocycles. The summed E-state index contributed by atoms with van der Waals surface area (Å²) in [6.45, 7) is 3.80. The minimum atomic E-state index is 0.697. The molecule has 3 heteroatoms. The van der Waals surface area contributed by atoms with Crippen molar-refractivity contribution in [3.05, 3.63) is 77.9 Å². The summed E-state index contributed by atoms with van der Waals surface area (Å²) in [6.07, 6.45) is 11.6. The van der Waals surface area contributed by atoms with Crippen LogP contribution in [0.1, 0.15) is 43.3 Å². The number of imidazole rings is 1. The van der Waals surface area contributed by atoms with Gasteiger partial charge in [0.1, 0.15) is 17.6 Å². The summed E-state index contributed by atoms with van der Waals surface area (Å²) < 4.78 is 10.4. The van der Waals surface area contributed by atoms with Crippen LogP contribution in [0.5, 0.6) is 5.75 Å². The topological polar surface area (TPSA) is 18.0 Å². The molecule has 0 spiro atoms. The van der Waals surface area contributed by atoms with E-state index in [9.17, 15) is 0 Å². The molecule has 0 unspecified atom stereocenters. The molecule has 3 aromatic rings. The summed E-state index contributed by atoms with van der Waals surface area (Å²) in [5.41, 5.74) is 3.70. The average Bonchev–Trinajstić information content (AvgIpc) is 2.88. The molecular formula is C24H27N2O+. The normalized spacial score (nSPS) is 14.1. The van der Waals surface area contributed by atoms with Gasteiger partial charge in [-0.05, 0) is 62.1 Å². The Morgan fingerprint density at radius 3 is 2.56 bits per heavy atom. The number of nitrogens with zero attached hydrogens (tertiary/aromatic N) is 2. The first-order valence-corrected chi connectivity index (χ1v) is 9.95. The lowest BCUT2D eigenvalue weighted by Crippen LogP contribution is -2.38. The fraction of sp³-hybridized carbons (Fsp3) is 0.292. The molecule has 2 heterocycles. The Hall–Kier alpha value is -2.81. The average molecular weight is 359 g/mol. The van der Waals surface area contributed by atoms with Gasteiger partial charge in [-0.1, -0.05) is 36.4 Å². The third-order valence-electron chi connectivity index (χ3n) is 5.12. The fourth-order valence-electron chi connectivity index (χ4n) is 3.77. The molecule has 0 saturated carbocycles. The van der Waals surface area contributed by atoms with Crippen LogP contribution < -0.4 is 9.30 Å². The SMILES string of the molecule is CCOc1ccc(-n2cc(/C=C/c3ccccc3)[n+]3c2CCCCC3)cc1. The van der Waals surface area contributed by atoms with Gasteiger partial charge in [0.15, 0.2) is 5.69 Å². The van der Waals surface area contributed by atoms with Gasteiger partial charge in [0.2, 0.25) is 0 Å². The van der Waals surface area contributed by atoms with E-state index in [0.29, 0.717) is 6.61 Å². The minimum Gasteiger partial charge on any atom is -0.494 e. The van der Waals surface area contributed by atoms with E-state index in [4.69, 9.17) is 4.74 Å². The van der Waals surface area contributed by atoms with Crippen molar-refractivity contribution in [2.75, 3.05) is 6.61 Å². The molecule has 3 nitrogen and oxygen atoms in total. The number of hydrogen-bond acceptors (Lipinski definition) is 1. The van der Waals surface area contributed by atoms with Gasteiger partial charge in [0, 0.05) is 6.42 Å². The smallest absolute Gasteiger partial charge is 0.262 e. The van der Waals surface area contributed by atoms with Gasteiger partial charge in [0.05, 0.1) is 13.2 Å². The van der Waals surface area contributed by atoms with E-state index in [1.165, 1.54) is 42.0 Å². The third-order valence-corrected chi connectivity index (χ3v) is 5.12. The molecule has 0 atom stereocenters. The number of benzene rings is 2. The number of aromatic nitrogens is 2. The minimum absolute atomic E-state index is 0.697. The molecule has 0 radical (unpaired) electrons. The van der Waals surface area contributed by atoms with E-state index < -0.39 is 0 Å². The summed E-state index contributed by atoms with van der Waals surface area (Å²) in [5.74, 6) is 2.32. The Kier molecular flexibility index (Phi) is 5.38. The predicted octanol–water partition coefficient (Wildman–Crippen LogP) is 5.06. The molecule has 138 valence electrons. The maximum Gasteiger partial charge on any atom is 0.262 e. The van der Waals surface area contributed by atoms with Crippen LogP contribution in [0.25, 0.3) is 17.8 Å². The van der Waals surface area contributed by atoms with Crippen LogP contribution in [0.3, 0.4) is 0 Å². The molecule has 1 aliphatic heterocycles. The zero-order valence-electron chi connectivity index (χ0n) is 16.0. The fourth-order valence-corrected chi connectivity index (χ4v) is 3.77. The Bertz CT molecular complexity index is 908. The van der Waals surface area contributed by atoms with Crippen LogP contribution in [0.2, 0.25) is 0 Å². The van der Waals surface area contributed by atoms with Gasteiger partial charge in [-0.3, -0.25) is 0 Å². The molecule has 4 rings (SSSR count). The second-order valence-corrected chi connectivity index (χ2v) is 6.97. The summed E-state index contributed by atoms with van der Waals surface area (Å²) in [7, 11) is 0. The van der Waals surface area contributed by atoms with Crippen LogP contribution >= 0.6 is 0 Å². The molecule has 1 aromatic heterocycles. The van der Waals surface area contributed by atoms with Gasteiger partial charge < -0.3 is 4.74 Å². The second-order valence-electron chi connectivity index (χ2n) is 6.97. The molecule has 0 fully saturated rings. The molecule has 27 heavy (non-hydrogen) atoms. The Balaban J connectivity index is 1.71. The Morgan fingerprint density at radius 2 is 1.78 bits per heavy atom. The van der Waals surface area contributed by atoms with Gasteiger partial charge in [-0.25, -0.2) is 4.57 Å². The number of rotatable bonds is 5. The number of ether oxygens (including phenoxy) is 1. The monoisotopic (exact) mass is 359 g/mol. The van der Waals surface area contributed by atoms with Gasteiger partial charge in [-0.15, -0.1) is 0 Å². The molecule has 0 bridgehead atoms. The van der Waals surface area contributed by atoms with E-state index in [2.05, 4.69) is 82.1 Å². The van der Waals surface area contributed by atoms with Crippen molar-refractivity contribution in [1.29, 1.82) is 0 Å². The van der Waals surface area contributed by atoms with Crippen molar-refractivity contribution in [1.82, 2.24) is 4.57 Å². The lowest BCUT2D eigenvalue weighted by molar-refractivity contribution is -0.703. The van der Waals surface area contributed by atoms with Crippen molar-refractivity contribution in [2.24, 2.45) is 0 Å². The zero-order chi connectivity index (χ0) is 18.5. The number of fused-ring (bicyclic) bond motifs is 1. The predicted molar refractivity (Wildman–Crippen MR) is 110 cm³/mol. The van der Waals surface area contributed by atoms with Gasteiger partial charge >= 0.3 is 0 Å². The first-order chi connectivity index (χ1) is 13.3. The highest BCUT2D eigenvalue weighted by atomic mass is 16.5. The third kappa shape index (κ3) is 3.97. The molecule has 0 N–H and O–H groups in total. The highest BCUT2D eigenvalue weighted by Gasteiger charge is 2.24. The molecule has 0 amide bonds. The lowest BCUT2D eigenvalue weighted by atomic mass is 10.2. The van der Waals surface area contributed by atoms with E-state index in [1.54, 1.807) is 0 Å². The number of hydrogen-bond donors (Lipinski definition) is 0. The largest absolute Gasteiger partial charge is 0.494 e. The standard InChI is InChI=1S/C24H27N2O/c1-2-27-23-16-14-21(15-17-23)26-19-22(13-12-20-9-5-3-6-10-20)25-18-8-4-7-11-24(25)26/h3,5-6,9-10,12-17,19H,2,4,7-8,11,18H2,1H3/q+1/b13-12+. The quantitative estimate of drug-likeness (QED) is 0.582. The Labute approximate surface area is 161 Å². The van der Waals surface area contributed by atoms with Gasteiger partial charge in [-0.2, -0.15) is 4.57 Å². The van der Waals surface area contributed by atoms with Crippen LogP contribution in [0, 0.1) is 0 Å². The zero-order valence-corrected chi connectivity index (χ0v) is 16.0. The van der Waals surface area contributed by atoms with Crippen LogP contribution in [0.4, 0.5) is 0 Å². The maximum atomic E-state index is 5.60. The van der Waals surface area contributed by atoms with Crippen molar-refractivity contribution < 1.29 is 9.30 Å². The molecular weight excluding hydrogens is 332 g/mol. The summed E-state index contributed by atoms with van der Waals surface area (Å²) in [5, 5.41) is 0. The van der Waals surface area contributed by atoms with E-state index in [0.717, 1.165) is 18.7 Å². The molecule has 0 saturated heterocycles. The highest BCUT2D eigenvalue weighted by Crippen LogP contribution is 2.21. The van der Waals surface area contributed by atoms with Gasteiger partial charge in [0.25, 0.3) is 5.82 Å². The first-order valence-electron chi connectivity index (χ1n) is 9.95. The maximum absolute atomic E-state index is 5.60. The van der Waals surface area contributed by atoms with Crippen molar-refractivity contribution in [3.63, 3.8) is 0 Å². The van der Waals surface area contributed by atoms with Crippen molar-refractivity contribution in [2.45, 2.75) is 39.2 Å². The van der Waals surface area contributed by atoms with Crippen LogP contribution in [-0.4, -0.2) is 11.2 Å².